The molecule has 31 heavy (non-hydrogen) atoms. The zero-order valence-electron chi connectivity index (χ0n) is 16.8. The summed E-state index contributed by atoms with van der Waals surface area (Å²) in [5.41, 5.74) is 1.37. The fourth-order valence-electron chi connectivity index (χ4n) is 2.45. The van der Waals surface area contributed by atoms with Gasteiger partial charge in [-0.2, -0.15) is 4.98 Å². The smallest absolute Gasteiger partial charge is 0.250 e. The highest BCUT2D eigenvalue weighted by atomic mass is 79.9. The lowest BCUT2D eigenvalue weighted by Gasteiger charge is -2.13. The van der Waals surface area contributed by atoms with Gasteiger partial charge in [0.1, 0.15) is 15.8 Å². The van der Waals surface area contributed by atoms with Crippen LogP contribution in [0.3, 0.4) is 0 Å². The summed E-state index contributed by atoms with van der Waals surface area (Å²) in [4.78, 5) is 8.54. The number of sulfonamides is 1. The van der Waals surface area contributed by atoms with Crippen molar-refractivity contribution in [2.75, 3.05) is 24.4 Å². The monoisotopic (exact) mass is 527 g/mol. The summed E-state index contributed by atoms with van der Waals surface area (Å²) >= 11 is 4.45. The maximum absolute atomic E-state index is 12.6. The highest BCUT2D eigenvalue weighted by molar-refractivity contribution is 9.10. The van der Waals surface area contributed by atoms with Gasteiger partial charge in [0.15, 0.2) is 0 Å². The minimum absolute atomic E-state index is 0.0471. The van der Waals surface area contributed by atoms with Crippen molar-refractivity contribution in [1.29, 1.82) is 0 Å². The van der Waals surface area contributed by atoms with Crippen molar-refractivity contribution in [2.24, 2.45) is 0 Å². The van der Waals surface area contributed by atoms with Crippen molar-refractivity contribution in [1.82, 2.24) is 14.7 Å². The molecule has 0 unspecified atom stereocenters. The quantitative estimate of drug-likeness (QED) is 0.316. The summed E-state index contributed by atoms with van der Waals surface area (Å²) < 4.78 is 33.8. The van der Waals surface area contributed by atoms with Gasteiger partial charge >= 0.3 is 0 Å². The van der Waals surface area contributed by atoms with Crippen LogP contribution in [0.5, 0.6) is 5.75 Å². The molecule has 0 spiro atoms. The van der Waals surface area contributed by atoms with E-state index in [-0.39, 0.29) is 23.4 Å². The summed E-state index contributed by atoms with van der Waals surface area (Å²) in [7, 11) is -2.10. The van der Waals surface area contributed by atoms with Crippen molar-refractivity contribution < 1.29 is 18.3 Å². The predicted molar refractivity (Wildman–Crippen MR) is 125 cm³/mol. The third-order valence-electron chi connectivity index (χ3n) is 4.12. The van der Waals surface area contributed by atoms with E-state index in [1.807, 2.05) is 6.92 Å². The maximum atomic E-state index is 12.6. The Morgan fingerprint density at radius 2 is 2.03 bits per heavy atom. The minimum atomic E-state index is -3.67. The third-order valence-corrected chi connectivity index (χ3v) is 7.54. The Hall–Kier alpha value is -2.25. The molecule has 0 saturated carbocycles. The Bertz CT molecular complexity index is 1120. The van der Waals surface area contributed by atoms with Crippen LogP contribution < -0.4 is 20.1 Å². The summed E-state index contributed by atoms with van der Waals surface area (Å²) in [5.74, 6) is 1.52. The number of ether oxygens (including phenoxy) is 1. The number of hydrogen-bond acceptors (Lipinski definition) is 9. The van der Waals surface area contributed by atoms with Gasteiger partial charge < -0.3 is 20.5 Å². The number of methoxy groups -OCH3 is 1. The predicted octanol–water partition coefficient (Wildman–Crippen LogP) is 3.32. The second-order valence-corrected chi connectivity index (χ2v) is 10.3. The van der Waals surface area contributed by atoms with Gasteiger partial charge in [0, 0.05) is 24.2 Å². The molecule has 0 saturated heterocycles. The highest BCUT2D eigenvalue weighted by Gasteiger charge is 2.17. The molecule has 3 aromatic rings. The Kier molecular flexibility index (Phi) is 7.84. The van der Waals surface area contributed by atoms with E-state index in [9.17, 15) is 13.5 Å². The summed E-state index contributed by atoms with van der Waals surface area (Å²) in [6.45, 7) is 1.94. The normalized spacial score (nSPS) is 12.4. The van der Waals surface area contributed by atoms with Gasteiger partial charge in [0.25, 0.3) is 0 Å². The molecule has 12 heteroatoms. The number of hydrogen-bond donors (Lipinski definition) is 4. The number of anilines is 3. The van der Waals surface area contributed by atoms with Gasteiger partial charge in [0.05, 0.1) is 23.9 Å². The number of nitrogens with one attached hydrogen (secondary N) is 3. The first-order valence-corrected chi connectivity index (χ1v) is 12.3. The topological polar surface area (TPSA) is 125 Å². The molecule has 1 aromatic carbocycles. The number of aromatic nitrogens is 2. The third kappa shape index (κ3) is 6.37. The molecule has 3 rings (SSSR count). The maximum Gasteiger partial charge on any atom is 0.250 e. The molecular weight excluding hydrogens is 506 g/mol. The lowest BCUT2D eigenvalue weighted by Crippen LogP contribution is -2.22. The van der Waals surface area contributed by atoms with Crippen LogP contribution in [0.4, 0.5) is 17.5 Å². The fraction of sp³-hybridized carbons (Fsp3) is 0.263. The van der Waals surface area contributed by atoms with E-state index in [1.54, 1.807) is 43.0 Å². The average Bonchev–Trinajstić information content (AvgIpc) is 3.24. The molecule has 0 bridgehead atoms. The fourth-order valence-corrected chi connectivity index (χ4v) is 4.93. The van der Waals surface area contributed by atoms with Crippen molar-refractivity contribution in [3.05, 3.63) is 51.9 Å². The first kappa shape index (κ1) is 23.4. The van der Waals surface area contributed by atoms with E-state index in [4.69, 9.17) is 4.74 Å². The molecule has 0 amide bonds. The summed E-state index contributed by atoms with van der Waals surface area (Å²) in [6.07, 6.45) is 1.57. The minimum Gasteiger partial charge on any atom is -0.497 e. The molecule has 0 aliphatic carbocycles. The van der Waals surface area contributed by atoms with Gasteiger partial charge in [-0.1, -0.05) is 12.1 Å². The Morgan fingerprint density at radius 3 is 2.71 bits per heavy atom. The molecule has 2 heterocycles. The van der Waals surface area contributed by atoms with E-state index in [2.05, 4.69) is 41.3 Å². The number of thiophene rings is 1. The number of nitrogens with zero attached hydrogens (tertiary/aromatic N) is 2. The molecule has 0 aliphatic rings. The average molecular weight is 528 g/mol. The zero-order chi connectivity index (χ0) is 22.4. The zero-order valence-corrected chi connectivity index (χ0v) is 20.0. The molecule has 0 aliphatic heterocycles. The Morgan fingerprint density at radius 1 is 1.29 bits per heavy atom. The van der Waals surface area contributed by atoms with Crippen molar-refractivity contribution in [3.63, 3.8) is 0 Å². The molecule has 166 valence electrons. The van der Waals surface area contributed by atoms with E-state index in [0.29, 0.717) is 27.7 Å². The van der Waals surface area contributed by atoms with Crippen LogP contribution in [0.15, 0.2) is 50.6 Å². The number of rotatable bonds is 10. The standard InChI is InChI=1S/C19H22BrN5O4S2/c1-12(10-26)23-18-16(20)9-21-19(25-18)24-14-7-17(30-11-14)31(27,28)22-8-13-3-5-15(29-2)6-4-13/h3-7,9,11-12,22,26H,8,10H2,1-2H3,(H2,21,23,24,25)/t12-/m1/s1. The molecule has 9 nitrogen and oxygen atoms in total. The van der Waals surface area contributed by atoms with Crippen LogP contribution in [0.1, 0.15) is 12.5 Å². The number of aliphatic hydroxyl groups is 1. The SMILES string of the molecule is COc1ccc(CNS(=O)(=O)c2cc(Nc3ncc(Br)c(N[C@H](C)CO)n3)cs2)cc1. The van der Waals surface area contributed by atoms with Gasteiger partial charge in [0.2, 0.25) is 16.0 Å². The van der Waals surface area contributed by atoms with Crippen molar-refractivity contribution in [2.45, 2.75) is 23.7 Å². The molecule has 4 N–H and O–H groups in total. The van der Waals surface area contributed by atoms with Gasteiger partial charge in [-0.25, -0.2) is 18.1 Å². The van der Waals surface area contributed by atoms with Gasteiger partial charge in [-0.15, -0.1) is 11.3 Å². The second kappa shape index (κ2) is 10.4. The number of halogens is 1. The van der Waals surface area contributed by atoms with Crippen LogP contribution in [0.25, 0.3) is 0 Å². The molecule has 0 fully saturated rings. The van der Waals surface area contributed by atoms with E-state index < -0.39 is 10.0 Å². The van der Waals surface area contributed by atoms with Crippen LogP contribution in [0, 0.1) is 0 Å². The summed E-state index contributed by atoms with van der Waals surface area (Å²) in [6, 6.07) is 8.50. The number of aliphatic hydroxyl groups excluding tert-OH is 1. The van der Waals surface area contributed by atoms with Crippen molar-refractivity contribution in [3.8, 4) is 5.75 Å². The van der Waals surface area contributed by atoms with Gasteiger partial charge in [-0.3, -0.25) is 0 Å². The largest absolute Gasteiger partial charge is 0.497 e. The Balaban J connectivity index is 1.66. The molecule has 2 aromatic heterocycles. The molecule has 1 atom stereocenters. The lowest BCUT2D eigenvalue weighted by molar-refractivity contribution is 0.281. The first-order valence-electron chi connectivity index (χ1n) is 9.19. The molecule has 0 radical (unpaired) electrons. The van der Waals surface area contributed by atoms with Crippen LogP contribution in [-0.4, -0.2) is 43.3 Å². The highest BCUT2D eigenvalue weighted by Crippen LogP contribution is 2.27. The first-order chi connectivity index (χ1) is 14.8. The molecular formula is C19H22BrN5O4S2. The van der Waals surface area contributed by atoms with E-state index >= 15 is 0 Å². The second-order valence-electron chi connectivity index (χ2n) is 6.57. The van der Waals surface area contributed by atoms with Crippen LogP contribution in [-0.2, 0) is 16.6 Å². The summed E-state index contributed by atoms with van der Waals surface area (Å²) in [5, 5.41) is 16.9. The van der Waals surface area contributed by atoms with Crippen LogP contribution >= 0.6 is 27.3 Å². The van der Waals surface area contributed by atoms with Crippen LogP contribution in [0.2, 0.25) is 0 Å². The number of benzene rings is 1. The lowest BCUT2D eigenvalue weighted by atomic mass is 10.2. The van der Waals surface area contributed by atoms with E-state index in [1.165, 1.54) is 6.07 Å². The van der Waals surface area contributed by atoms with E-state index in [0.717, 1.165) is 16.9 Å². The van der Waals surface area contributed by atoms with Gasteiger partial charge in [-0.05, 0) is 46.6 Å². The Labute approximate surface area is 193 Å². The van der Waals surface area contributed by atoms with Crippen molar-refractivity contribution >= 4 is 54.7 Å².